The molecule has 0 bridgehead atoms. The van der Waals surface area contributed by atoms with Gasteiger partial charge in [0.1, 0.15) is 5.82 Å². The number of halogens is 1. The van der Waals surface area contributed by atoms with Crippen LogP contribution in [0.15, 0.2) is 30.3 Å². The summed E-state index contributed by atoms with van der Waals surface area (Å²) in [7, 11) is 0. The van der Waals surface area contributed by atoms with E-state index in [0.717, 1.165) is 23.3 Å². The van der Waals surface area contributed by atoms with E-state index in [4.69, 9.17) is 5.10 Å². The summed E-state index contributed by atoms with van der Waals surface area (Å²) >= 11 is 3.65. The Morgan fingerprint density at radius 1 is 1.24 bits per heavy atom. The van der Waals surface area contributed by atoms with Crippen LogP contribution in [0, 0.1) is 6.92 Å². The quantitative estimate of drug-likeness (QED) is 0.764. The summed E-state index contributed by atoms with van der Waals surface area (Å²) in [6.45, 7) is 5.56. The van der Waals surface area contributed by atoms with Crippen molar-refractivity contribution >= 4 is 21.7 Å². The minimum Gasteiger partial charge on any atom is -0.354 e. The number of benzene rings is 1. The molecule has 1 aromatic heterocycles. The molecule has 1 fully saturated rings. The van der Waals surface area contributed by atoms with Crippen LogP contribution in [-0.2, 0) is 5.33 Å². The van der Waals surface area contributed by atoms with Crippen molar-refractivity contribution in [1.29, 1.82) is 0 Å². The Balaban J connectivity index is 2.12. The molecule has 4 heteroatoms. The molecule has 112 valence electrons. The molecule has 0 N–H and O–H groups in total. The van der Waals surface area contributed by atoms with Crippen LogP contribution in [0.25, 0.3) is 5.69 Å². The fourth-order valence-corrected chi connectivity index (χ4v) is 3.82. The van der Waals surface area contributed by atoms with Crippen molar-refractivity contribution in [3.8, 4) is 5.69 Å². The standard InChI is InChI=1S/C17H22BrN3/c1-13-8-6-7-11-20(13)17-16(12-18)14(2)19-21(17)15-9-4-3-5-10-15/h3-5,9-10,13H,6-8,11-12H2,1-2H3. The van der Waals surface area contributed by atoms with E-state index in [1.807, 2.05) is 0 Å². The van der Waals surface area contributed by atoms with Gasteiger partial charge in [0.05, 0.1) is 11.4 Å². The van der Waals surface area contributed by atoms with Crippen LogP contribution < -0.4 is 4.90 Å². The van der Waals surface area contributed by atoms with Crippen LogP contribution >= 0.6 is 15.9 Å². The van der Waals surface area contributed by atoms with Gasteiger partial charge < -0.3 is 4.90 Å². The third-order valence-electron chi connectivity index (χ3n) is 4.37. The molecule has 0 radical (unpaired) electrons. The second-order valence-corrected chi connectivity index (χ2v) is 6.37. The number of aryl methyl sites for hydroxylation is 1. The Bertz CT molecular complexity index is 606. The minimum absolute atomic E-state index is 0.579. The zero-order valence-corrected chi connectivity index (χ0v) is 14.3. The van der Waals surface area contributed by atoms with E-state index in [1.54, 1.807) is 0 Å². The Morgan fingerprint density at radius 3 is 2.67 bits per heavy atom. The summed E-state index contributed by atoms with van der Waals surface area (Å²) in [6.07, 6.45) is 3.87. The van der Waals surface area contributed by atoms with E-state index in [1.165, 1.54) is 30.6 Å². The second-order valence-electron chi connectivity index (χ2n) is 5.81. The third kappa shape index (κ3) is 2.73. The molecule has 21 heavy (non-hydrogen) atoms. The van der Waals surface area contributed by atoms with Gasteiger partial charge in [0, 0.05) is 23.5 Å². The summed E-state index contributed by atoms with van der Waals surface area (Å²) in [5.41, 5.74) is 3.57. The third-order valence-corrected chi connectivity index (χ3v) is 4.93. The zero-order chi connectivity index (χ0) is 14.8. The molecule has 0 amide bonds. The molecule has 1 aliphatic heterocycles. The lowest BCUT2D eigenvalue weighted by molar-refractivity contribution is 0.476. The minimum atomic E-state index is 0.579. The fraction of sp³-hybridized carbons (Fsp3) is 0.471. The molecule has 0 aliphatic carbocycles. The monoisotopic (exact) mass is 347 g/mol. The van der Waals surface area contributed by atoms with Crippen LogP contribution in [0.4, 0.5) is 5.82 Å². The van der Waals surface area contributed by atoms with E-state index in [9.17, 15) is 0 Å². The number of hydrogen-bond acceptors (Lipinski definition) is 2. The average molecular weight is 348 g/mol. The van der Waals surface area contributed by atoms with Crippen LogP contribution in [0.3, 0.4) is 0 Å². The van der Waals surface area contributed by atoms with E-state index in [-0.39, 0.29) is 0 Å². The lowest BCUT2D eigenvalue weighted by Crippen LogP contribution is -2.39. The number of alkyl halides is 1. The van der Waals surface area contributed by atoms with Crippen LogP contribution in [0.1, 0.15) is 37.4 Å². The first-order valence-electron chi connectivity index (χ1n) is 7.69. The van der Waals surface area contributed by atoms with Crippen molar-refractivity contribution in [3.05, 3.63) is 41.6 Å². The highest BCUT2D eigenvalue weighted by atomic mass is 79.9. The summed E-state index contributed by atoms with van der Waals surface area (Å²) in [5.74, 6) is 1.27. The lowest BCUT2D eigenvalue weighted by atomic mass is 10.0. The van der Waals surface area contributed by atoms with Gasteiger partial charge in [0.15, 0.2) is 0 Å². The highest BCUT2D eigenvalue weighted by Gasteiger charge is 2.26. The summed E-state index contributed by atoms with van der Waals surface area (Å²) in [4.78, 5) is 2.53. The van der Waals surface area contributed by atoms with E-state index < -0.39 is 0 Å². The first-order chi connectivity index (χ1) is 10.2. The van der Waals surface area contributed by atoms with Gasteiger partial charge in [-0.3, -0.25) is 0 Å². The number of anilines is 1. The number of para-hydroxylation sites is 1. The van der Waals surface area contributed by atoms with Crippen molar-refractivity contribution in [3.63, 3.8) is 0 Å². The molecule has 2 heterocycles. The van der Waals surface area contributed by atoms with Crippen LogP contribution in [0.2, 0.25) is 0 Å². The van der Waals surface area contributed by atoms with Crippen molar-refractivity contribution in [2.45, 2.75) is 44.5 Å². The molecule has 3 nitrogen and oxygen atoms in total. The summed E-state index contributed by atoms with van der Waals surface area (Å²) in [6, 6.07) is 11.0. The fourth-order valence-electron chi connectivity index (χ4n) is 3.16. The SMILES string of the molecule is Cc1nn(-c2ccccc2)c(N2CCCCC2C)c1CBr. The molecular formula is C17H22BrN3. The maximum Gasteiger partial charge on any atom is 0.136 e. The average Bonchev–Trinajstić information content (AvgIpc) is 2.85. The Morgan fingerprint density at radius 2 is 2.00 bits per heavy atom. The van der Waals surface area contributed by atoms with Crippen molar-refractivity contribution in [2.75, 3.05) is 11.4 Å². The lowest BCUT2D eigenvalue weighted by Gasteiger charge is -2.36. The first kappa shape index (κ1) is 14.6. The van der Waals surface area contributed by atoms with E-state index >= 15 is 0 Å². The maximum absolute atomic E-state index is 4.81. The molecule has 0 saturated carbocycles. The van der Waals surface area contributed by atoms with Gasteiger partial charge in [0.25, 0.3) is 0 Å². The summed E-state index contributed by atoms with van der Waals surface area (Å²) in [5, 5.41) is 5.66. The topological polar surface area (TPSA) is 21.1 Å². The van der Waals surface area contributed by atoms with Crippen LogP contribution in [-0.4, -0.2) is 22.4 Å². The smallest absolute Gasteiger partial charge is 0.136 e. The van der Waals surface area contributed by atoms with E-state index in [2.05, 4.69) is 69.7 Å². The Hall–Kier alpha value is -1.29. The van der Waals surface area contributed by atoms with Gasteiger partial charge in [-0.25, -0.2) is 4.68 Å². The van der Waals surface area contributed by atoms with Gasteiger partial charge >= 0.3 is 0 Å². The molecule has 0 spiro atoms. The second kappa shape index (κ2) is 6.22. The van der Waals surface area contributed by atoms with Crippen LogP contribution in [0.5, 0.6) is 0 Å². The predicted octanol–water partition coefficient (Wildman–Crippen LogP) is 4.45. The number of aromatic nitrogens is 2. The number of nitrogens with zero attached hydrogens (tertiary/aromatic N) is 3. The normalized spacial score (nSPS) is 19.0. The molecule has 1 atom stereocenters. The Labute approximate surface area is 135 Å². The number of piperidine rings is 1. The van der Waals surface area contributed by atoms with Crippen molar-refractivity contribution < 1.29 is 0 Å². The van der Waals surface area contributed by atoms with Gasteiger partial charge in [-0.2, -0.15) is 5.10 Å². The van der Waals surface area contributed by atoms with E-state index in [0.29, 0.717) is 6.04 Å². The molecule has 1 aromatic carbocycles. The summed E-state index contributed by atoms with van der Waals surface area (Å²) < 4.78 is 2.12. The van der Waals surface area contributed by atoms with Gasteiger partial charge in [-0.15, -0.1) is 0 Å². The van der Waals surface area contributed by atoms with Gasteiger partial charge in [-0.05, 0) is 45.2 Å². The molecule has 3 rings (SSSR count). The maximum atomic E-state index is 4.81. The molecule has 1 aliphatic rings. The van der Waals surface area contributed by atoms with Gasteiger partial charge in [0.2, 0.25) is 0 Å². The predicted molar refractivity (Wildman–Crippen MR) is 91.6 cm³/mol. The molecule has 1 saturated heterocycles. The van der Waals surface area contributed by atoms with Crippen molar-refractivity contribution in [1.82, 2.24) is 9.78 Å². The highest BCUT2D eigenvalue weighted by Crippen LogP contribution is 2.33. The molecular weight excluding hydrogens is 326 g/mol. The molecule has 2 aromatic rings. The van der Waals surface area contributed by atoms with Crippen molar-refractivity contribution in [2.24, 2.45) is 0 Å². The Kier molecular flexibility index (Phi) is 4.34. The largest absolute Gasteiger partial charge is 0.354 e. The number of hydrogen-bond donors (Lipinski definition) is 0. The number of rotatable bonds is 3. The van der Waals surface area contributed by atoms with Gasteiger partial charge in [-0.1, -0.05) is 34.1 Å². The highest BCUT2D eigenvalue weighted by molar-refractivity contribution is 9.08. The first-order valence-corrected chi connectivity index (χ1v) is 8.81. The molecule has 1 unspecified atom stereocenters. The zero-order valence-electron chi connectivity index (χ0n) is 12.7.